The third-order valence-electron chi connectivity index (χ3n) is 24.4. The summed E-state index contributed by atoms with van der Waals surface area (Å²) in [5, 5.41) is 1.20. The maximum absolute atomic E-state index is 13.8. The quantitative estimate of drug-likeness (QED) is 0.0422. The number of hydrogen-bond donors (Lipinski definition) is 0. The van der Waals surface area contributed by atoms with Crippen LogP contribution in [0, 0.1) is 88.5 Å². The van der Waals surface area contributed by atoms with Crippen molar-refractivity contribution in [3.63, 3.8) is 0 Å². The fourth-order valence-electron chi connectivity index (χ4n) is 15.6. The summed E-state index contributed by atoms with van der Waals surface area (Å²) >= 11 is 0. The van der Waals surface area contributed by atoms with Gasteiger partial charge in [-0.15, -0.1) is 0 Å². The molecule has 5 saturated carbocycles. The highest BCUT2D eigenvalue weighted by Crippen LogP contribution is 2.54. The Bertz CT molecular complexity index is 5790. The Kier molecular flexibility index (Phi) is 49.4. The summed E-state index contributed by atoms with van der Waals surface area (Å²) in [7, 11) is 1.46. The number of hydrogen-bond acceptors (Lipinski definition) is 10. The van der Waals surface area contributed by atoms with Crippen LogP contribution >= 0.6 is 0 Å². The van der Waals surface area contributed by atoms with E-state index in [0.29, 0.717) is 101 Å². The smallest absolute Gasteiger partial charge is 0.260 e. The van der Waals surface area contributed by atoms with Crippen molar-refractivity contribution in [3.05, 3.63) is 371 Å². The number of aromatic nitrogens is 2. The Labute approximate surface area is 863 Å². The highest BCUT2D eigenvalue weighted by Gasteiger charge is 2.41. The van der Waals surface area contributed by atoms with Crippen molar-refractivity contribution in [1.29, 1.82) is 0 Å². The molecule has 0 spiro atoms. The Balaban J connectivity index is 0.000000179. The maximum atomic E-state index is 13.8. The molecule has 0 N–H and O–H groups in total. The van der Waals surface area contributed by atoms with Crippen molar-refractivity contribution in [2.75, 3.05) is 20.7 Å². The van der Waals surface area contributed by atoms with Crippen LogP contribution in [0.25, 0.3) is 47.4 Å². The van der Waals surface area contributed by atoms with Gasteiger partial charge in [-0.05, 0) is 289 Å². The first-order valence-electron chi connectivity index (χ1n) is 52.8. The van der Waals surface area contributed by atoms with E-state index in [-0.39, 0.29) is 36.1 Å². The van der Waals surface area contributed by atoms with Gasteiger partial charge in [0.05, 0.1) is 30.9 Å². The van der Waals surface area contributed by atoms with Crippen molar-refractivity contribution in [1.82, 2.24) is 9.97 Å². The molecule has 18 rings (SSSR count). The van der Waals surface area contributed by atoms with E-state index in [1.54, 1.807) is 24.4 Å². The molecule has 10 nitrogen and oxygen atoms in total. The van der Waals surface area contributed by atoms with Crippen LogP contribution in [-0.2, 0) is 6.42 Å². The summed E-state index contributed by atoms with van der Waals surface area (Å²) in [4.78, 5) is 8.43. The highest BCUT2D eigenvalue weighted by atomic mass is 19.1. The Hall–Kier alpha value is -12.4. The first-order chi connectivity index (χ1) is 69.2. The second kappa shape index (κ2) is 61.7. The fourth-order valence-corrected chi connectivity index (χ4v) is 15.6. The summed E-state index contributed by atoms with van der Waals surface area (Å²) in [5.74, 6) is 15.0. The summed E-state index contributed by atoms with van der Waals surface area (Å²) in [5.41, 5.74) is 12.4. The standard InChI is InChI=1S/C16H21FO.C14H17FO.C14H15N.C14H18O.C13H16O2.C13H18.C12H15FO.2C12H16.C11H13NO2/c1-12(2)7-8-13-9-10-15(11-16(13)17)18-14-5-3-4-6-14;1-10(2)3-4-11-5-6-13(9-14(11)15)16-12-7-8-12;1-11(2)5-6-12-7-8-14-13(10-12)4-3-9-15-14;1-11(2)3-4-12-5-7-13(8-6-12)15-14-9-10-14;1-8(2)10-6-11(10)9-3-4-12-13(5-9)15-7-14-12;1-11(2)9-10-12(3)13-7-5-4-6-8-13;1-9(2)4-5-10-6-7-12(14-3)11(13)8-10;1-9(2)11-8-12(11)10-6-4-3-5-7-10;1-11(2)7-6-10-12-8-4-3-5-9-12;1-8(2)3-4-9-5-10-11(12-6-9)14-7-13-10/h7-12,14H,3-6H2,1-2H3;3-6,9-10,12H,7-8H2,1-2H3;3-11H,1-2H3;3-8,11,14H,9-10H2,1-2H3;3-5,8,10-11H,6-7H2,1-2H3;4-12H,1-3H3;4-9H,1-3H3;3-7,9,11-12H,8H2,1-2H3;3-9,11H,10H2,1-2H3;3-6,8H,7H2,1-2H3/b8-7+;4-3+;6-5+;4-3+;;10-9+;5-4+;;7-6+;4-3+. The SMILES string of the molecule is CC(C)/C=C/C(C)c1ccccc1.CC(C)/C=C/Cc1ccccc1.CC(C)/C=C/c1ccc(OC2CC2)cc1.CC(C)/C=C/c1ccc(OC2CC2)cc1F.CC(C)/C=C/c1ccc(OC2CCCC2)cc1F.CC(C)/C=C/c1ccc2ncccc2c1.CC(C)/C=C/c1cnc2c(c1)OCO2.CC(C)C1CC1c1ccc2c(c1)OCO2.CC(C)C1CC1c1ccccc1.COc1ccc(/C=C/C(C)C)cc1F. The lowest BCUT2D eigenvalue weighted by Crippen LogP contribution is -2.10. The lowest BCUT2D eigenvalue weighted by molar-refractivity contribution is 0.171. The summed E-state index contributed by atoms with van der Waals surface area (Å²) in [6.07, 6.45) is 51.2. The van der Waals surface area contributed by atoms with Crippen molar-refractivity contribution < 1.29 is 51.1 Å². The molecular weight excluding hydrogens is 1790 g/mol. The highest BCUT2D eigenvalue weighted by molar-refractivity contribution is 5.81. The normalized spacial score (nSPS) is 16.6. The molecule has 0 bridgehead atoms. The zero-order chi connectivity index (χ0) is 104. The molecule has 144 heavy (non-hydrogen) atoms. The van der Waals surface area contributed by atoms with Crippen LogP contribution in [0.3, 0.4) is 0 Å². The average Bonchev–Trinajstić information content (AvgIpc) is 1.63. The van der Waals surface area contributed by atoms with Gasteiger partial charge in [-0.25, -0.2) is 18.2 Å². The molecule has 0 radical (unpaired) electrons. The summed E-state index contributed by atoms with van der Waals surface area (Å²) < 4.78 is 83.5. The van der Waals surface area contributed by atoms with Gasteiger partial charge in [-0.2, -0.15) is 0 Å². The molecule has 0 saturated heterocycles. The van der Waals surface area contributed by atoms with Gasteiger partial charge >= 0.3 is 0 Å². The minimum Gasteiger partial charge on any atom is -0.494 e. The minimum atomic E-state index is -0.321. The molecule has 2 aliphatic heterocycles. The number of pyridine rings is 2. The van der Waals surface area contributed by atoms with Gasteiger partial charge in [0.1, 0.15) is 28.9 Å². The number of benzene rings is 9. The van der Waals surface area contributed by atoms with Crippen molar-refractivity contribution >= 4 is 47.4 Å². The number of allylic oxidation sites excluding steroid dienone is 10. The molecule has 2 aromatic heterocycles. The molecule has 9 aromatic carbocycles. The van der Waals surface area contributed by atoms with Crippen LogP contribution in [0.4, 0.5) is 13.2 Å². The minimum absolute atomic E-state index is 0.206. The molecule has 7 aliphatic rings. The van der Waals surface area contributed by atoms with Crippen molar-refractivity contribution in [3.8, 4) is 46.1 Å². The summed E-state index contributed by atoms with van der Waals surface area (Å²) in [6.45, 7) is 46.4. The molecule has 13 heteroatoms. The molecular formula is C131H165F3N2O8. The molecule has 768 valence electrons. The molecule has 5 fully saturated rings. The topological polar surface area (TPSA) is 99.6 Å². The van der Waals surface area contributed by atoms with Crippen LogP contribution in [0.5, 0.6) is 46.1 Å². The average molecular weight is 1950 g/mol. The van der Waals surface area contributed by atoms with Gasteiger partial charge in [0.15, 0.2) is 28.8 Å². The van der Waals surface area contributed by atoms with E-state index in [1.165, 1.54) is 103 Å². The molecule has 5 unspecified atom stereocenters. The first-order valence-corrected chi connectivity index (χ1v) is 52.8. The van der Waals surface area contributed by atoms with Crippen molar-refractivity contribution in [2.45, 2.75) is 252 Å². The van der Waals surface area contributed by atoms with Crippen molar-refractivity contribution in [2.24, 2.45) is 71.0 Å². The van der Waals surface area contributed by atoms with E-state index in [4.69, 9.17) is 37.9 Å². The number of halogens is 3. The fraction of sp³-hybridized carbons (Fsp3) is 0.405. The third kappa shape index (κ3) is 44.9. The largest absolute Gasteiger partial charge is 0.494 e. The van der Waals surface area contributed by atoms with Crippen LogP contribution in [-0.4, -0.2) is 49.0 Å². The van der Waals surface area contributed by atoms with Gasteiger partial charge < -0.3 is 37.9 Å². The zero-order valence-corrected chi connectivity index (χ0v) is 90.1. The first kappa shape index (κ1) is 115. The molecule has 5 atom stereocenters. The molecule has 4 heterocycles. The van der Waals surface area contributed by atoms with Crippen LogP contribution in [0.2, 0.25) is 0 Å². The molecule has 11 aromatic rings. The van der Waals surface area contributed by atoms with Gasteiger partial charge in [0.25, 0.3) is 5.88 Å². The number of fused-ring (bicyclic) bond motifs is 3. The van der Waals surface area contributed by atoms with E-state index in [9.17, 15) is 13.2 Å². The maximum Gasteiger partial charge on any atom is 0.260 e. The summed E-state index contributed by atoms with van der Waals surface area (Å²) in [6, 6.07) is 74.2. The van der Waals surface area contributed by atoms with Gasteiger partial charge in [-0.1, -0.05) is 370 Å². The molecule has 0 amide bonds. The lowest BCUT2D eigenvalue weighted by Gasteiger charge is -2.13. The van der Waals surface area contributed by atoms with E-state index in [2.05, 4.69) is 362 Å². The third-order valence-corrected chi connectivity index (χ3v) is 24.4. The van der Waals surface area contributed by atoms with Gasteiger partial charge in [0, 0.05) is 41.0 Å². The number of ether oxygens (including phenoxy) is 8. The predicted molar refractivity (Wildman–Crippen MR) is 601 cm³/mol. The van der Waals surface area contributed by atoms with Gasteiger partial charge in [-0.3, -0.25) is 4.98 Å². The monoisotopic (exact) mass is 1950 g/mol. The van der Waals surface area contributed by atoms with E-state index in [0.717, 1.165) is 107 Å². The van der Waals surface area contributed by atoms with E-state index in [1.807, 2.05) is 85.1 Å². The van der Waals surface area contributed by atoms with Gasteiger partial charge in [0.2, 0.25) is 13.6 Å². The number of nitrogens with zero attached hydrogens (tertiary/aromatic N) is 2. The number of methoxy groups -OCH3 is 1. The van der Waals surface area contributed by atoms with E-state index >= 15 is 0 Å². The van der Waals surface area contributed by atoms with Crippen LogP contribution in [0.1, 0.15) is 283 Å². The predicted octanol–water partition coefficient (Wildman–Crippen LogP) is 36.7. The van der Waals surface area contributed by atoms with Crippen LogP contribution < -0.4 is 37.9 Å². The Morgan fingerprint density at radius 2 is 0.799 bits per heavy atom. The second-order valence-electron chi connectivity index (χ2n) is 41.8. The number of rotatable bonds is 29. The zero-order valence-electron chi connectivity index (χ0n) is 90.1. The lowest BCUT2D eigenvalue weighted by atomic mass is 9.99. The Morgan fingerprint density at radius 3 is 1.31 bits per heavy atom. The second-order valence-corrected chi connectivity index (χ2v) is 41.8. The Morgan fingerprint density at radius 1 is 0.347 bits per heavy atom. The molecule has 5 aliphatic carbocycles. The van der Waals surface area contributed by atoms with E-state index < -0.39 is 0 Å². The van der Waals surface area contributed by atoms with Crippen LogP contribution in [0.15, 0.2) is 298 Å².